The summed E-state index contributed by atoms with van der Waals surface area (Å²) in [5, 5.41) is 3.85. The Morgan fingerprint density at radius 1 is 0.780 bits per heavy atom. The lowest BCUT2D eigenvalue weighted by Crippen LogP contribution is -2.28. The van der Waals surface area contributed by atoms with Crippen molar-refractivity contribution in [3.63, 3.8) is 0 Å². The lowest BCUT2D eigenvalue weighted by atomic mass is 9.84. The van der Waals surface area contributed by atoms with E-state index in [1.165, 1.54) is 12.1 Å². The lowest BCUT2D eigenvalue weighted by molar-refractivity contribution is -0.138. The van der Waals surface area contributed by atoms with Gasteiger partial charge in [0.2, 0.25) is 5.91 Å². The number of rotatable bonds is 10. The number of benzene rings is 4. The summed E-state index contributed by atoms with van der Waals surface area (Å²) in [6.07, 6.45) is -1.43. The van der Waals surface area contributed by atoms with Gasteiger partial charge in [0, 0.05) is 41.9 Å². The fourth-order valence-corrected chi connectivity index (χ4v) is 5.78. The van der Waals surface area contributed by atoms with Crippen LogP contribution in [0.1, 0.15) is 65.0 Å². The molecule has 0 aliphatic rings. The fraction of sp³-hybridized carbons (Fsp3) is 0.229. The van der Waals surface area contributed by atoms with Crippen LogP contribution in [0.15, 0.2) is 109 Å². The van der Waals surface area contributed by atoms with E-state index >= 15 is 0 Å². The normalized spacial score (nSPS) is 12.5. The van der Waals surface area contributed by atoms with Gasteiger partial charge in [-0.1, -0.05) is 104 Å². The molecule has 0 bridgehead atoms. The van der Waals surface area contributed by atoms with Crippen molar-refractivity contribution in [1.82, 2.24) is 10.3 Å². The van der Waals surface area contributed by atoms with Gasteiger partial charge in [-0.25, -0.2) is 0 Å². The number of amides is 1. The van der Waals surface area contributed by atoms with Crippen molar-refractivity contribution in [2.24, 2.45) is 0 Å². The quantitative estimate of drug-likeness (QED) is 0.178. The maximum absolute atomic E-state index is 14.1. The van der Waals surface area contributed by atoms with Gasteiger partial charge in [0.1, 0.15) is 0 Å². The Labute approximate surface area is 238 Å². The van der Waals surface area contributed by atoms with Crippen LogP contribution >= 0.6 is 0 Å². The molecule has 0 spiro atoms. The summed E-state index contributed by atoms with van der Waals surface area (Å²) >= 11 is 0. The van der Waals surface area contributed by atoms with Crippen molar-refractivity contribution in [3.8, 4) is 0 Å². The molecule has 0 radical (unpaired) electrons. The molecule has 5 rings (SSSR count). The minimum absolute atomic E-state index is 0.0838. The zero-order valence-corrected chi connectivity index (χ0v) is 22.9. The van der Waals surface area contributed by atoms with Crippen molar-refractivity contribution in [3.05, 3.63) is 143 Å². The molecule has 1 heterocycles. The molecule has 0 saturated carbocycles. The lowest BCUT2D eigenvalue weighted by Gasteiger charge is -2.22. The number of H-pyrrole nitrogens is 1. The molecular formula is C35H33F3N2O. The third-order valence-electron chi connectivity index (χ3n) is 7.78. The molecule has 4 aromatic carbocycles. The van der Waals surface area contributed by atoms with Crippen LogP contribution in [0.25, 0.3) is 10.9 Å². The topological polar surface area (TPSA) is 44.9 Å². The summed E-state index contributed by atoms with van der Waals surface area (Å²) in [5.41, 5.74) is 4.35. The average Bonchev–Trinajstić information content (AvgIpc) is 3.43. The van der Waals surface area contributed by atoms with Gasteiger partial charge in [0.25, 0.3) is 0 Å². The van der Waals surface area contributed by atoms with E-state index < -0.39 is 17.7 Å². The molecule has 0 aliphatic heterocycles. The summed E-state index contributed by atoms with van der Waals surface area (Å²) in [6.45, 7) is 2.44. The third-order valence-corrected chi connectivity index (χ3v) is 7.78. The monoisotopic (exact) mass is 554 g/mol. The van der Waals surface area contributed by atoms with Crippen LogP contribution in [0.2, 0.25) is 0 Å². The minimum Gasteiger partial charge on any atom is -0.361 e. The van der Waals surface area contributed by atoms with Crippen LogP contribution < -0.4 is 5.32 Å². The van der Waals surface area contributed by atoms with Gasteiger partial charge in [-0.3, -0.25) is 4.79 Å². The number of carbonyl (C=O) groups excluding carboxylic acids is 1. The molecule has 1 amide bonds. The SMILES string of the molecule is CCc1cccc2c(C(CC(=O)NCCC(c3ccccc3)c3ccccc3)c3ccccc3C(F)(F)F)c[nH]c12. The molecule has 210 valence electrons. The first kappa shape index (κ1) is 28.2. The molecule has 1 aromatic heterocycles. The Balaban J connectivity index is 1.41. The Morgan fingerprint density at radius 2 is 1.41 bits per heavy atom. The molecule has 3 nitrogen and oxygen atoms in total. The zero-order valence-electron chi connectivity index (χ0n) is 22.9. The number of carbonyl (C=O) groups is 1. The number of nitrogens with one attached hydrogen (secondary N) is 2. The van der Waals surface area contributed by atoms with Crippen molar-refractivity contribution in [2.75, 3.05) is 6.54 Å². The zero-order chi connectivity index (χ0) is 28.8. The van der Waals surface area contributed by atoms with E-state index in [0.29, 0.717) is 18.5 Å². The van der Waals surface area contributed by atoms with E-state index in [1.54, 1.807) is 12.3 Å². The van der Waals surface area contributed by atoms with Crippen molar-refractivity contribution in [1.29, 1.82) is 0 Å². The second-order valence-corrected chi connectivity index (χ2v) is 10.3. The average molecular weight is 555 g/mol. The van der Waals surface area contributed by atoms with Gasteiger partial charge in [-0.2, -0.15) is 13.2 Å². The minimum atomic E-state index is -4.54. The highest BCUT2D eigenvalue weighted by molar-refractivity contribution is 5.88. The first-order chi connectivity index (χ1) is 19.9. The molecule has 41 heavy (non-hydrogen) atoms. The van der Waals surface area contributed by atoms with E-state index in [0.717, 1.165) is 40.1 Å². The predicted molar refractivity (Wildman–Crippen MR) is 158 cm³/mol. The van der Waals surface area contributed by atoms with Crippen LogP contribution in [0.3, 0.4) is 0 Å². The highest BCUT2D eigenvalue weighted by Crippen LogP contribution is 2.41. The number of hydrogen-bond acceptors (Lipinski definition) is 1. The maximum Gasteiger partial charge on any atom is 0.416 e. The van der Waals surface area contributed by atoms with Crippen molar-refractivity contribution in [2.45, 2.75) is 44.2 Å². The predicted octanol–water partition coefficient (Wildman–Crippen LogP) is 8.61. The number of halogens is 3. The molecule has 1 unspecified atom stereocenters. The molecule has 5 aromatic rings. The van der Waals surface area contributed by atoms with Crippen molar-refractivity contribution >= 4 is 16.8 Å². The maximum atomic E-state index is 14.1. The number of aromatic amines is 1. The Kier molecular flexibility index (Phi) is 8.58. The van der Waals surface area contributed by atoms with Gasteiger partial charge in [-0.15, -0.1) is 0 Å². The molecule has 1 atom stereocenters. The number of aromatic nitrogens is 1. The second kappa shape index (κ2) is 12.5. The van der Waals surface area contributed by atoms with E-state index in [4.69, 9.17) is 0 Å². The van der Waals surface area contributed by atoms with E-state index in [-0.39, 0.29) is 23.8 Å². The second-order valence-electron chi connectivity index (χ2n) is 10.3. The first-order valence-electron chi connectivity index (χ1n) is 14.0. The number of alkyl halides is 3. The van der Waals surface area contributed by atoms with E-state index in [9.17, 15) is 18.0 Å². The molecule has 0 aliphatic carbocycles. The molecule has 2 N–H and O–H groups in total. The van der Waals surface area contributed by atoms with Crippen LogP contribution in [-0.2, 0) is 17.4 Å². The summed E-state index contributed by atoms with van der Waals surface area (Å²) in [5.74, 6) is -0.971. The standard InChI is InChI=1S/C35H33F3N2O/c1-2-24-16-11-18-29-31(23-40-34(24)29)30(28-17-9-10-19-32(28)35(36,37)38)22-33(41)39-21-20-27(25-12-5-3-6-13-25)26-14-7-4-8-15-26/h3-19,23,27,30,40H,2,20-22H2,1H3,(H,39,41). The number of para-hydroxylation sites is 1. The molecule has 0 saturated heterocycles. The van der Waals surface area contributed by atoms with Gasteiger partial charge in [0.05, 0.1) is 5.56 Å². The smallest absolute Gasteiger partial charge is 0.361 e. The summed E-state index contributed by atoms with van der Waals surface area (Å²) in [7, 11) is 0. The Hall–Kier alpha value is -4.32. The van der Waals surface area contributed by atoms with Gasteiger partial charge in [-0.05, 0) is 46.7 Å². The van der Waals surface area contributed by atoms with Gasteiger partial charge in [0.15, 0.2) is 0 Å². The van der Waals surface area contributed by atoms with Gasteiger partial charge >= 0.3 is 6.18 Å². The highest BCUT2D eigenvalue weighted by atomic mass is 19.4. The molecule has 6 heteroatoms. The molecule has 0 fully saturated rings. The Morgan fingerprint density at radius 3 is 2.05 bits per heavy atom. The number of fused-ring (bicyclic) bond motifs is 1. The van der Waals surface area contributed by atoms with Crippen LogP contribution in [0, 0.1) is 0 Å². The van der Waals surface area contributed by atoms with E-state index in [1.807, 2.05) is 61.5 Å². The van der Waals surface area contributed by atoms with Crippen LogP contribution in [0.4, 0.5) is 13.2 Å². The fourth-order valence-electron chi connectivity index (χ4n) is 5.78. The summed E-state index contributed by atoms with van der Waals surface area (Å²) in [4.78, 5) is 16.7. The van der Waals surface area contributed by atoms with Crippen LogP contribution in [-0.4, -0.2) is 17.4 Å². The van der Waals surface area contributed by atoms with Gasteiger partial charge < -0.3 is 10.3 Å². The molecular weight excluding hydrogens is 521 g/mol. The third kappa shape index (κ3) is 6.37. The van der Waals surface area contributed by atoms with E-state index in [2.05, 4.69) is 34.6 Å². The first-order valence-corrected chi connectivity index (χ1v) is 14.0. The summed E-state index contributed by atoms with van der Waals surface area (Å²) in [6, 6.07) is 31.6. The highest BCUT2D eigenvalue weighted by Gasteiger charge is 2.36. The number of aryl methyl sites for hydroxylation is 1. The Bertz CT molecular complexity index is 1550. The van der Waals surface area contributed by atoms with Crippen LogP contribution in [0.5, 0.6) is 0 Å². The summed E-state index contributed by atoms with van der Waals surface area (Å²) < 4.78 is 42.4. The van der Waals surface area contributed by atoms with Crippen molar-refractivity contribution < 1.29 is 18.0 Å². The largest absolute Gasteiger partial charge is 0.416 e. The number of hydrogen-bond donors (Lipinski definition) is 2.